The Morgan fingerprint density at radius 2 is 1.93 bits per heavy atom. The van der Waals surface area contributed by atoms with Gasteiger partial charge in [-0.1, -0.05) is 12.1 Å². The molecule has 0 aliphatic heterocycles. The van der Waals surface area contributed by atoms with Gasteiger partial charge in [-0.3, -0.25) is 4.79 Å². The first-order valence-corrected chi connectivity index (χ1v) is 10.9. The lowest BCUT2D eigenvalue weighted by atomic mass is 10.2. The third-order valence-electron chi connectivity index (χ3n) is 4.13. The van der Waals surface area contributed by atoms with E-state index in [-0.39, 0.29) is 12.3 Å². The van der Waals surface area contributed by atoms with Gasteiger partial charge in [-0.25, -0.2) is 9.97 Å². The smallest absolute Gasteiger partial charge is 0.230 e. The number of benzene rings is 2. The molecule has 2 heterocycles. The highest BCUT2D eigenvalue weighted by Crippen LogP contribution is 2.27. The van der Waals surface area contributed by atoms with E-state index in [1.807, 2.05) is 66.2 Å². The monoisotopic (exact) mass is 421 g/mol. The Bertz CT molecular complexity index is 1090. The first-order chi connectivity index (χ1) is 14.2. The molecule has 1 N–H and O–H groups in total. The lowest BCUT2D eigenvalue weighted by Gasteiger charge is -2.06. The average Bonchev–Trinajstić information content (AvgIpc) is 3.41. The molecule has 0 spiro atoms. The molecule has 0 bridgehead atoms. The number of nitrogens with zero attached hydrogens (tertiary/aromatic N) is 2. The predicted molar refractivity (Wildman–Crippen MR) is 119 cm³/mol. The molecule has 2 aromatic heterocycles. The zero-order valence-corrected chi connectivity index (χ0v) is 17.4. The zero-order valence-electron chi connectivity index (χ0n) is 15.8. The standard InChI is InChI=1S/C22H19N3O2S2/c1-2-27-19-8-6-15(7-9-19)22-25-18(14-29-22)13-20(26)24-17-5-3-4-16(12-17)21-23-10-11-28-21/h3-12,14H,2,13H2,1H3,(H,24,26). The zero-order chi connectivity index (χ0) is 20.1. The summed E-state index contributed by atoms with van der Waals surface area (Å²) in [5.74, 6) is 0.747. The summed E-state index contributed by atoms with van der Waals surface area (Å²) in [6.07, 6.45) is 2.00. The molecule has 4 rings (SSSR count). The van der Waals surface area contributed by atoms with Gasteiger partial charge in [0.2, 0.25) is 5.91 Å². The molecular weight excluding hydrogens is 402 g/mol. The van der Waals surface area contributed by atoms with E-state index in [1.54, 1.807) is 17.5 Å². The number of carbonyl (C=O) groups excluding carboxylic acids is 1. The minimum atomic E-state index is -0.0927. The minimum absolute atomic E-state index is 0.0927. The van der Waals surface area contributed by atoms with Crippen molar-refractivity contribution in [3.05, 3.63) is 71.2 Å². The number of rotatable bonds is 7. The Balaban J connectivity index is 1.40. The molecule has 0 saturated carbocycles. The Morgan fingerprint density at radius 3 is 2.69 bits per heavy atom. The summed E-state index contributed by atoms with van der Waals surface area (Å²) >= 11 is 3.10. The molecule has 7 heteroatoms. The summed E-state index contributed by atoms with van der Waals surface area (Å²) in [5, 5.41) is 8.63. The van der Waals surface area contributed by atoms with Crippen LogP contribution in [0.2, 0.25) is 0 Å². The van der Waals surface area contributed by atoms with Crippen molar-refractivity contribution >= 4 is 34.3 Å². The van der Waals surface area contributed by atoms with Crippen LogP contribution in [0.25, 0.3) is 21.1 Å². The third-order valence-corrected chi connectivity index (χ3v) is 5.89. The van der Waals surface area contributed by atoms with Crippen LogP contribution in [0.4, 0.5) is 5.69 Å². The molecule has 29 heavy (non-hydrogen) atoms. The molecule has 1 amide bonds. The van der Waals surface area contributed by atoms with Crippen molar-refractivity contribution in [3.63, 3.8) is 0 Å². The number of carbonyl (C=O) groups is 1. The van der Waals surface area contributed by atoms with Crippen molar-refractivity contribution in [2.45, 2.75) is 13.3 Å². The van der Waals surface area contributed by atoms with Gasteiger partial charge in [0.1, 0.15) is 15.8 Å². The summed E-state index contributed by atoms with van der Waals surface area (Å²) in [5.41, 5.74) is 3.52. The van der Waals surface area contributed by atoms with Gasteiger partial charge in [-0.2, -0.15) is 0 Å². The van der Waals surface area contributed by atoms with Crippen molar-refractivity contribution in [1.82, 2.24) is 9.97 Å². The van der Waals surface area contributed by atoms with E-state index >= 15 is 0 Å². The van der Waals surface area contributed by atoms with Gasteiger partial charge in [0.25, 0.3) is 0 Å². The fourth-order valence-electron chi connectivity index (χ4n) is 2.85. The molecule has 0 atom stereocenters. The van der Waals surface area contributed by atoms with E-state index in [0.717, 1.165) is 38.3 Å². The van der Waals surface area contributed by atoms with Gasteiger partial charge in [-0.05, 0) is 43.3 Å². The van der Waals surface area contributed by atoms with Crippen molar-refractivity contribution < 1.29 is 9.53 Å². The molecule has 4 aromatic rings. The van der Waals surface area contributed by atoms with Gasteiger partial charge in [0.15, 0.2) is 0 Å². The molecule has 146 valence electrons. The van der Waals surface area contributed by atoms with Crippen LogP contribution < -0.4 is 10.1 Å². The number of thiazole rings is 2. The first kappa shape index (κ1) is 19.3. The van der Waals surface area contributed by atoms with E-state index in [0.29, 0.717) is 6.61 Å². The summed E-state index contributed by atoms with van der Waals surface area (Å²) in [6.45, 7) is 2.60. The van der Waals surface area contributed by atoms with Gasteiger partial charge in [0, 0.05) is 33.8 Å². The molecule has 0 aliphatic rings. The molecular formula is C22H19N3O2S2. The molecule has 0 unspecified atom stereocenters. The van der Waals surface area contributed by atoms with Crippen LogP contribution in [0.5, 0.6) is 5.75 Å². The van der Waals surface area contributed by atoms with E-state index in [9.17, 15) is 4.79 Å². The van der Waals surface area contributed by atoms with Crippen LogP contribution in [-0.4, -0.2) is 22.5 Å². The maximum absolute atomic E-state index is 12.5. The van der Waals surface area contributed by atoms with Crippen LogP contribution in [0.3, 0.4) is 0 Å². The number of hydrogen-bond acceptors (Lipinski definition) is 6. The van der Waals surface area contributed by atoms with Gasteiger partial charge < -0.3 is 10.1 Å². The summed E-state index contributed by atoms with van der Waals surface area (Å²) in [4.78, 5) is 21.4. The summed E-state index contributed by atoms with van der Waals surface area (Å²) < 4.78 is 5.47. The minimum Gasteiger partial charge on any atom is -0.494 e. The van der Waals surface area contributed by atoms with Crippen LogP contribution in [0.15, 0.2) is 65.5 Å². The highest BCUT2D eigenvalue weighted by atomic mass is 32.1. The number of aromatic nitrogens is 2. The fourth-order valence-corrected chi connectivity index (χ4v) is 4.31. The number of ether oxygens (including phenoxy) is 1. The Kier molecular flexibility index (Phi) is 5.97. The van der Waals surface area contributed by atoms with Crippen LogP contribution in [-0.2, 0) is 11.2 Å². The fraction of sp³-hybridized carbons (Fsp3) is 0.136. The van der Waals surface area contributed by atoms with Crippen LogP contribution in [0, 0.1) is 0 Å². The van der Waals surface area contributed by atoms with E-state index in [4.69, 9.17) is 4.74 Å². The van der Waals surface area contributed by atoms with Crippen LogP contribution in [0.1, 0.15) is 12.6 Å². The van der Waals surface area contributed by atoms with Gasteiger partial charge in [-0.15, -0.1) is 22.7 Å². The topological polar surface area (TPSA) is 64.1 Å². The molecule has 0 aliphatic carbocycles. The summed E-state index contributed by atoms with van der Waals surface area (Å²) in [6, 6.07) is 15.5. The normalized spacial score (nSPS) is 10.7. The highest BCUT2D eigenvalue weighted by Gasteiger charge is 2.10. The summed E-state index contributed by atoms with van der Waals surface area (Å²) in [7, 11) is 0. The van der Waals surface area contributed by atoms with Gasteiger partial charge in [0.05, 0.1) is 18.7 Å². The van der Waals surface area contributed by atoms with E-state index in [2.05, 4.69) is 15.3 Å². The van der Waals surface area contributed by atoms with Crippen molar-refractivity contribution in [2.24, 2.45) is 0 Å². The second-order valence-electron chi connectivity index (χ2n) is 6.24. The second kappa shape index (κ2) is 8.98. The lowest BCUT2D eigenvalue weighted by Crippen LogP contribution is -2.14. The molecule has 0 radical (unpaired) electrons. The highest BCUT2D eigenvalue weighted by molar-refractivity contribution is 7.13. The van der Waals surface area contributed by atoms with Crippen molar-refractivity contribution in [2.75, 3.05) is 11.9 Å². The van der Waals surface area contributed by atoms with Crippen molar-refractivity contribution in [3.8, 4) is 26.9 Å². The number of anilines is 1. The Morgan fingerprint density at radius 1 is 1.07 bits per heavy atom. The molecule has 0 fully saturated rings. The van der Waals surface area contributed by atoms with E-state index in [1.165, 1.54) is 11.3 Å². The predicted octanol–water partition coefficient (Wildman–Crippen LogP) is 5.51. The van der Waals surface area contributed by atoms with Crippen molar-refractivity contribution in [1.29, 1.82) is 0 Å². The largest absolute Gasteiger partial charge is 0.494 e. The maximum Gasteiger partial charge on any atom is 0.230 e. The first-order valence-electron chi connectivity index (χ1n) is 9.18. The SMILES string of the molecule is CCOc1ccc(-c2nc(CC(=O)Nc3cccc(-c4nccs4)c3)cs2)cc1. The number of nitrogens with one attached hydrogen (secondary N) is 1. The Hall–Kier alpha value is -3.03. The molecule has 2 aromatic carbocycles. The Labute approximate surface area is 177 Å². The lowest BCUT2D eigenvalue weighted by molar-refractivity contribution is -0.115. The third kappa shape index (κ3) is 4.88. The maximum atomic E-state index is 12.5. The number of hydrogen-bond donors (Lipinski definition) is 1. The average molecular weight is 422 g/mol. The molecule has 0 saturated heterocycles. The second-order valence-corrected chi connectivity index (χ2v) is 8.00. The van der Waals surface area contributed by atoms with Crippen LogP contribution >= 0.6 is 22.7 Å². The number of amides is 1. The van der Waals surface area contributed by atoms with Gasteiger partial charge >= 0.3 is 0 Å². The molecule has 5 nitrogen and oxygen atoms in total. The quantitative estimate of drug-likeness (QED) is 0.427. The van der Waals surface area contributed by atoms with E-state index < -0.39 is 0 Å².